The normalized spacial score (nSPS) is 11.1. The van der Waals surface area contributed by atoms with E-state index in [4.69, 9.17) is 4.99 Å². The summed E-state index contributed by atoms with van der Waals surface area (Å²) in [7, 11) is 0. The molecule has 120 valence electrons. The summed E-state index contributed by atoms with van der Waals surface area (Å²) >= 11 is 3.56. The number of hydrogen-bond acceptors (Lipinski definition) is 1. The zero-order chi connectivity index (χ0) is 16.6. The third-order valence-electron chi connectivity index (χ3n) is 3.43. The summed E-state index contributed by atoms with van der Waals surface area (Å²) in [4.78, 5) is 4.70. The average Bonchev–Trinajstić information content (AvgIpc) is 2.63. The summed E-state index contributed by atoms with van der Waals surface area (Å²) in [6.07, 6.45) is 0. The van der Waals surface area contributed by atoms with Gasteiger partial charge in [-0.15, -0.1) is 0 Å². The maximum Gasteiger partial charge on any atom is 0.200 e. The van der Waals surface area contributed by atoms with Crippen molar-refractivity contribution in [1.29, 1.82) is 0 Å². The largest absolute Gasteiger partial charge is 0.326 e. The average molecular weight is 380 g/mol. The topological polar surface area (TPSA) is 36.4 Å². The van der Waals surface area contributed by atoms with Crippen molar-refractivity contribution in [1.82, 2.24) is 0 Å². The van der Waals surface area contributed by atoms with E-state index in [1.165, 1.54) is 5.56 Å². The number of anilines is 2. The van der Waals surface area contributed by atoms with Gasteiger partial charge in [0.15, 0.2) is 0 Å². The molecule has 2 N–H and O–H groups in total. The van der Waals surface area contributed by atoms with Crippen molar-refractivity contribution in [3.63, 3.8) is 0 Å². The number of nitrogens with one attached hydrogen (secondary N) is 2. The Balaban J connectivity index is 1.81. The molecule has 0 saturated heterocycles. The summed E-state index contributed by atoms with van der Waals surface area (Å²) in [6.45, 7) is 0.605. The van der Waals surface area contributed by atoms with E-state index in [0.717, 1.165) is 15.8 Å². The first-order valence-electron chi connectivity index (χ1n) is 7.73. The molecule has 3 rings (SSSR count). The molecule has 0 unspecified atom stereocenters. The molecular formula is C20H18BrN3. The minimum Gasteiger partial charge on any atom is -0.326 e. The van der Waals surface area contributed by atoms with Gasteiger partial charge in [0, 0.05) is 10.2 Å². The van der Waals surface area contributed by atoms with Gasteiger partial charge in [0.25, 0.3) is 0 Å². The molecule has 0 amide bonds. The number of rotatable bonds is 4. The highest BCUT2D eigenvalue weighted by Gasteiger charge is 2.04. The lowest BCUT2D eigenvalue weighted by molar-refractivity contribution is 1.06. The molecule has 3 aromatic carbocycles. The Bertz CT molecular complexity index is 801. The van der Waals surface area contributed by atoms with Crippen LogP contribution in [0.3, 0.4) is 0 Å². The summed E-state index contributed by atoms with van der Waals surface area (Å²) in [5.41, 5.74) is 3.12. The minimum atomic E-state index is 0.605. The van der Waals surface area contributed by atoms with Crippen LogP contribution in [-0.4, -0.2) is 5.96 Å². The third-order valence-corrected chi connectivity index (χ3v) is 4.12. The van der Waals surface area contributed by atoms with Crippen LogP contribution in [0.4, 0.5) is 11.4 Å². The molecule has 0 aliphatic carbocycles. The number of halogens is 1. The molecule has 0 heterocycles. The SMILES string of the molecule is Brc1ccccc1NC(=NCc1ccccc1)Nc1ccccc1. The molecule has 0 atom stereocenters. The van der Waals surface area contributed by atoms with Crippen molar-refractivity contribution < 1.29 is 0 Å². The van der Waals surface area contributed by atoms with Crippen molar-refractivity contribution in [3.8, 4) is 0 Å². The maximum atomic E-state index is 4.70. The number of benzene rings is 3. The zero-order valence-corrected chi connectivity index (χ0v) is 14.7. The lowest BCUT2D eigenvalue weighted by Crippen LogP contribution is -2.22. The monoisotopic (exact) mass is 379 g/mol. The molecule has 0 aliphatic rings. The summed E-state index contributed by atoms with van der Waals surface area (Å²) in [5.74, 6) is 0.706. The van der Waals surface area contributed by atoms with Crippen molar-refractivity contribution >= 4 is 33.3 Å². The molecule has 0 fully saturated rings. The quantitative estimate of drug-likeness (QED) is 0.461. The van der Waals surface area contributed by atoms with E-state index >= 15 is 0 Å². The molecule has 0 spiro atoms. The Hall–Kier alpha value is -2.59. The van der Waals surface area contributed by atoms with Gasteiger partial charge in [-0.05, 0) is 45.8 Å². The Labute approximate surface area is 150 Å². The van der Waals surface area contributed by atoms with Gasteiger partial charge in [-0.25, -0.2) is 4.99 Å². The first-order chi connectivity index (χ1) is 11.8. The number of guanidine groups is 1. The van der Waals surface area contributed by atoms with Crippen LogP contribution in [0.15, 0.2) is 94.4 Å². The lowest BCUT2D eigenvalue weighted by atomic mass is 10.2. The van der Waals surface area contributed by atoms with E-state index in [-0.39, 0.29) is 0 Å². The van der Waals surface area contributed by atoms with E-state index in [1.807, 2.05) is 72.8 Å². The minimum absolute atomic E-state index is 0.605. The highest BCUT2D eigenvalue weighted by Crippen LogP contribution is 2.21. The summed E-state index contributed by atoms with van der Waals surface area (Å²) in [6, 6.07) is 28.2. The predicted molar refractivity (Wildman–Crippen MR) is 105 cm³/mol. The van der Waals surface area contributed by atoms with Crippen molar-refractivity contribution in [2.75, 3.05) is 10.6 Å². The molecular weight excluding hydrogens is 362 g/mol. The molecule has 0 radical (unpaired) electrons. The van der Waals surface area contributed by atoms with Gasteiger partial charge in [-0.3, -0.25) is 0 Å². The molecule has 0 aliphatic heterocycles. The lowest BCUT2D eigenvalue weighted by Gasteiger charge is -2.14. The van der Waals surface area contributed by atoms with E-state index in [2.05, 4.69) is 38.7 Å². The first-order valence-corrected chi connectivity index (χ1v) is 8.52. The molecule has 0 saturated carbocycles. The Morgan fingerprint density at radius 3 is 2.08 bits per heavy atom. The maximum absolute atomic E-state index is 4.70. The van der Waals surface area contributed by atoms with E-state index < -0.39 is 0 Å². The molecule has 4 heteroatoms. The Morgan fingerprint density at radius 2 is 1.38 bits per heavy atom. The number of nitrogens with zero attached hydrogens (tertiary/aromatic N) is 1. The zero-order valence-electron chi connectivity index (χ0n) is 13.1. The van der Waals surface area contributed by atoms with Crippen molar-refractivity contribution in [2.24, 2.45) is 4.99 Å². The number of hydrogen-bond donors (Lipinski definition) is 2. The second kappa shape index (κ2) is 8.31. The van der Waals surface area contributed by atoms with Crippen LogP contribution in [0.5, 0.6) is 0 Å². The summed E-state index contributed by atoms with van der Waals surface area (Å²) < 4.78 is 0.993. The highest BCUT2D eigenvalue weighted by molar-refractivity contribution is 9.10. The van der Waals surface area contributed by atoms with Crippen LogP contribution in [0.1, 0.15) is 5.56 Å². The molecule has 3 aromatic rings. The fourth-order valence-corrected chi connectivity index (χ4v) is 2.60. The smallest absolute Gasteiger partial charge is 0.200 e. The fraction of sp³-hybridized carbons (Fsp3) is 0.0500. The Kier molecular flexibility index (Phi) is 5.64. The second-order valence-corrected chi connectivity index (χ2v) is 6.10. The number of aliphatic imine (C=N–C) groups is 1. The standard InChI is InChI=1S/C20H18BrN3/c21-18-13-7-8-14-19(18)24-20(23-17-11-5-2-6-12-17)22-15-16-9-3-1-4-10-16/h1-14H,15H2,(H2,22,23,24). The fourth-order valence-electron chi connectivity index (χ4n) is 2.21. The van der Waals surface area contributed by atoms with E-state index in [9.17, 15) is 0 Å². The van der Waals surface area contributed by atoms with Crippen LogP contribution in [0, 0.1) is 0 Å². The van der Waals surface area contributed by atoms with Crippen LogP contribution in [-0.2, 0) is 6.54 Å². The van der Waals surface area contributed by atoms with Crippen LogP contribution >= 0.6 is 15.9 Å². The molecule has 24 heavy (non-hydrogen) atoms. The van der Waals surface area contributed by atoms with Crippen LogP contribution in [0.25, 0.3) is 0 Å². The van der Waals surface area contributed by atoms with Gasteiger partial charge in [0.2, 0.25) is 5.96 Å². The summed E-state index contributed by atoms with van der Waals surface area (Å²) in [5, 5.41) is 6.70. The predicted octanol–water partition coefficient (Wildman–Crippen LogP) is 5.53. The van der Waals surface area contributed by atoms with Gasteiger partial charge in [0.1, 0.15) is 0 Å². The van der Waals surface area contributed by atoms with Gasteiger partial charge in [0.05, 0.1) is 12.2 Å². The Morgan fingerprint density at radius 1 is 0.750 bits per heavy atom. The third kappa shape index (κ3) is 4.70. The first kappa shape index (κ1) is 16.3. The van der Waals surface area contributed by atoms with Gasteiger partial charge in [-0.2, -0.15) is 0 Å². The van der Waals surface area contributed by atoms with Crippen LogP contribution in [0.2, 0.25) is 0 Å². The molecule has 0 bridgehead atoms. The van der Waals surface area contributed by atoms with Gasteiger partial charge in [-0.1, -0.05) is 60.7 Å². The van der Waals surface area contributed by atoms with E-state index in [1.54, 1.807) is 0 Å². The molecule has 0 aromatic heterocycles. The second-order valence-electron chi connectivity index (χ2n) is 5.25. The van der Waals surface area contributed by atoms with Crippen molar-refractivity contribution in [3.05, 3.63) is 95.0 Å². The van der Waals surface area contributed by atoms with Gasteiger partial charge >= 0.3 is 0 Å². The van der Waals surface area contributed by atoms with E-state index in [0.29, 0.717) is 12.5 Å². The van der Waals surface area contributed by atoms with Gasteiger partial charge < -0.3 is 10.6 Å². The van der Waals surface area contributed by atoms with Crippen LogP contribution < -0.4 is 10.6 Å². The van der Waals surface area contributed by atoms with Crippen molar-refractivity contribution in [2.45, 2.75) is 6.54 Å². The molecule has 3 nitrogen and oxygen atoms in total. The number of para-hydroxylation sites is 2. The highest BCUT2D eigenvalue weighted by atomic mass is 79.9.